The second-order valence-electron chi connectivity index (χ2n) is 3.10. The van der Waals surface area contributed by atoms with E-state index in [4.69, 9.17) is 0 Å². The molecule has 0 aromatic carbocycles. The largest absolute Gasteiger partial charge is 0.332 e. The van der Waals surface area contributed by atoms with E-state index in [9.17, 15) is 13.6 Å². The van der Waals surface area contributed by atoms with Crippen molar-refractivity contribution in [1.29, 1.82) is 0 Å². The van der Waals surface area contributed by atoms with Gasteiger partial charge >= 0.3 is 6.43 Å². The SMILES string of the molecule is O=C(C(F)F)N1CCn2ccnc2C1. The molecular formula is C8H9F2N3O. The Bertz CT molecular complexity index is 350. The first-order valence-corrected chi connectivity index (χ1v) is 4.25. The third-order valence-electron chi connectivity index (χ3n) is 2.24. The number of hydrogen-bond donors (Lipinski definition) is 0. The summed E-state index contributed by atoms with van der Waals surface area (Å²) in [4.78, 5) is 16.1. The lowest BCUT2D eigenvalue weighted by molar-refractivity contribution is -0.144. The highest BCUT2D eigenvalue weighted by Crippen LogP contribution is 2.12. The molecule has 1 amide bonds. The number of alkyl halides is 2. The lowest BCUT2D eigenvalue weighted by Crippen LogP contribution is -2.41. The fourth-order valence-corrected chi connectivity index (χ4v) is 1.50. The van der Waals surface area contributed by atoms with Gasteiger partial charge in [0.1, 0.15) is 5.82 Å². The quantitative estimate of drug-likeness (QED) is 0.663. The Morgan fingerprint density at radius 2 is 2.29 bits per heavy atom. The second-order valence-corrected chi connectivity index (χ2v) is 3.10. The van der Waals surface area contributed by atoms with Crippen molar-refractivity contribution in [3.8, 4) is 0 Å². The Morgan fingerprint density at radius 1 is 1.50 bits per heavy atom. The summed E-state index contributed by atoms with van der Waals surface area (Å²) in [6.45, 7) is 1.04. The van der Waals surface area contributed by atoms with Crippen molar-refractivity contribution in [2.75, 3.05) is 6.54 Å². The van der Waals surface area contributed by atoms with Crippen LogP contribution in [0.3, 0.4) is 0 Å². The van der Waals surface area contributed by atoms with Crippen molar-refractivity contribution >= 4 is 5.91 Å². The van der Waals surface area contributed by atoms with Crippen LogP contribution in [-0.4, -0.2) is 33.3 Å². The van der Waals surface area contributed by atoms with Gasteiger partial charge in [0.25, 0.3) is 5.91 Å². The summed E-state index contributed by atoms with van der Waals surface area (Å²) in [5.41, 5.74) is 0. The molecule has 0 N–H and O–H groups in total. The van der Waals surface area contributed by atoms with Crippen molar-refractivity contribution in [3.05, 3.63) is 18.2 Å². The zero-order valence-corrected chi connectivity index (χ0v) is 7.36. The molecule has 0 aliphatic carbocycles. The Balaban J connectivity index is 2.11. The van der Waals surface area contributed by atoms with Gasteiger partial charge in [-0.3, -0.25) is 4.79 Å². The molecule has 0 spiro atoms. The standard InChI is InChI=1S/C8H9F2N3O/c9-7(10)8(14)13-4-3-12-2-1-11-6(12)5-13/h1-2,7H,3-5H2. The van der Waals surface area contributed by atoms with Gasteiger partial charge in [-0.1, -0.05) is 0 Å². The molecule has 0 bridgehead atoms. The number of imidazole rings is 1. The average molecular weight is 201 g/mol. The molecular weight excluding hydrogens is 192 g/mol. The van der Waals surface area contributed by atoms with E-state index in [1.54, 1.807) is 12.4 Å². The molecule has 0 atom stereocenters. The van der Waals surface area contributed by atoms with E-state index in [1.165, 1.54) is 0 Å². The molecule has 1 aromatic heterocycles. The van der Waals surface area contributed by atoms with E-state index < -0.39 is 12.3 Å². The van der Waals surface area contributed by atoms with Crippen molar-refractivity contribution in [2.24, 2.45) is 0 Å². The van der Waals surface area contributed by atoms with Crippen LogP contribution in [0.4, 0.5) is 8.78 Å². The number of amides is 1. The van der Waals surface area contributed by atoms with Crippen LogP contribution in [0.1, 0.15) is 5.82 Å². The van der Waals surface area contributed by atoms with Crippen LogP contribution in [0.15, 0.2) is 12.4 Å². The van der Waals surface area contributed by atoms with Crippen molar-refractivity contribution in [1.82, 2.24) is 14.5 Å². The first-order valence-electron chi connectivity index (χ1n) is 4.25. The molecule has 6 heteroatoms. The van der Waals surface area contributed by atoms with Gasteiger partial charge in [0.2, 0.25) is 0 Å². The molecule has 2 rings (SSSR count). The molecule has 4 nitrogen and oxygen atoms in total. The molecule has 76 valence electrons. The minimum atomic E-state index is -2.92. The fourth-order valence-electron chi connectivity index (χ4n) is 1.50. The van der Waals surface area contributed by atoms with Crippen LogP contribution in [0.25, 0.3) is 0 Å². The summed E-state index contributed by atoms with van der Waals surface area (Å²) in [6, 6.07) is 0. The first-order chi connectivity index (χ1) is 6.68. The third-order valence-corrected chi connectivity index (χ3v) is 2.24. The molecule has 2 heterocycles. The number of hydrogen-bond acceptors (Lipinski definition) is 2. The van der Waals surface area contributed by atoms with Crippen molar-refractivity contribution in [3.63, 3.8) is 0 Å². The molecule has 1 aromatic rings. The summed E-state index contributed by atoms with van der Waals surface area (Å²) in [5, 5.41) is 0. The van der Waals surface area contributed by atoms with E-state index in [2.05, 4.69) is 4.98 Å². The van der Waals surface area contributed by atoms with E-state index in [0.29, 0.717) is 18.9 Å². The van der Waals surface area contributed by atoms with Gasteiger partial charge in [-0.15, -0.1) is 0 Å². The lowest BCUT2D eigenvalue weighted by atomic mass is 10.3. The van der Waals surface area contributed by atoms with Gasteiger partial charge in [0, 0.05) is 25.5 Å². The number of halogens is 2. The molecule has 0 unspecified atom stereocenters. The summed E-state index contributed by atoms with van der Waals surface area (Å²) in [5.74, 6) is -0.454. The van der Waals surface area contributed by atoms with Crippen LogP contribution in [0, 0.1) is 0 Å². The first kappa shape index (κ1) is 9.11. The highest BCUT2D eigenvalue weighted by Gasteiger charge is 2.26. The van der Waals surface area contributed by atoms with E-state index in [1.807, 2.05) is 4.57 Å². The molecule has 1 aliphatic heterocycles. The molecule has 0 radical (unpaired) electrons. The van der Waals surface area contributed by atoms with Crippen LogP contribution >= 0.6 is 0 Å². The van der Waals surface area contributed by atoms with Crippen LogP contribution in [0.2, 0.25) is 0 Å². The van der Waals surface area contributed by atoms with Gasteiger partial charge in [-0.2, -0.15) is 8.78 Å². The van der Waals surface area contributed by atoms with Crippen LogP contribution in [0.5, 0.6) is 0 Å². The summed E-state index contributed by atoms with van der Waals surface area (Å²) in [7, 11) is 0. The molecule has 0 saturated carbocycles. The second kappa shape index (κ2) is 3.36. The minimum Gasteiger partial charge on any atom is -0.332 e. The molecule has 0 saturated heterocycles. The number of carbonyl (C=O) groups is 1. The Labute approximate surface area is 79.1 Å². The number of aromatic nitrogens is 2. The molecule has 1 aliphatic rings. The maximum Gasteiger partial charge on any atom is 0.315 e. The number of rotatable bonds is 1. The molecule has 0 fully saturated rings. The number of carbonyl (C=O) groups excluding carboxylic acids is 1. The van der Waals surface area contributed by atoms with E-state index in [-0.39, 0.29) is 6.54 Å². The summed E-state index contributed by atoms with van der Waals surface area (Å²) in [6.07, 6.45) is 0.460. The summed E-state index contributed by atoms with van der Waals surface area (Å²) >= 11 is 0. The summed E-state index contributed by atoms with van der Waals surface area (Å²) < 4.78 is 26.0. The van der Waals surface area contributed by atoms with Gasteiger partial charge in [-0.25, -0.2) is 4.98 Å². The predicted molar refractivity (Wildman–Crippen MR) is 43.6 cm³/mol. The minimum absolute atomic E-state index is 0.177. The highest BCUT2D eigenvalue weighted by atomic mass is 19.3. The maximum atomic E-state index is 12.1. The van der Waals surface area contributed by atoms with Gasteiger partial charge in [0.15, 0.2) is 0 Å². The lowest BCUT2D eigenvalue weighted by Gasteiger charge is -2.27. The topological polar surface area (TPSA) is 38.1 Å². The number of fused-ring (bicyclic) bond motifs is 1. The Hall–Kier alpha value is -1.46. The Kier molecular flexibility index (Phi) is 2.18. The van der Waals surface area contributed by atoms with E-state index >= 15 is 0 Å². The van der Waals surface area contributed by atoms with E-state index in [0.717, 1.165) is 4.90 Å². The zero-order chi connectivity index (χ0) is 10.1. The smallest absolute Gasteiger partial charge is 0.315 e. The van der Waals surface area contributed by atoms with Crippen molar-refractivity contribution < 1.29 is 13.6 Å². The maximum absolute atomic E-state index is 12.1. The zero-order valence-electron chi connectivity index (χ0n) is 7.36. The van der Waals surface area contributed by atoms with Crippen LogP contribution < -0.4 is 0 Å². The van der Waals surface area contributed by atoms with Gasteiger partial charge in [0.05, 0.1) is 6.54 Å². The highest BCUT2D eigenvalue weighted by molar-refractivity contribution is 5.79. The average Bonchev–Trinajstić information content (AvgIpc) is 2.62. The van der Waals surface area contributed by atoms with Gasteiger partial charge in [-0.05, 0) is 0 Å². The number of nitrogens with zero attached hydrogens (tertiary/aromatic N) is 3. The van der Waals surface area contributed by atoms with Crippen LogP contribution in [-0.2, 0) is 17.9 Å². The molecule has 14 heavy (non-hydrogen) atoms. The predicted octanol–water partition coefficient (Wildman–Crippen LogP) is 0.490. The van der Waals surface area contributed by atoms with Gasteiger partial charge < -0.3 is 9.47 Å². The normalized spacial score (nSPS) is 15.8. The fraction of sp³-hybridized carbons (Fsp3) is 0.500. The monoisotopic (exact) mass is 201 g/mol. The Morgan fingerprint density at radius 3 is 3.00 bits per heavy atom. The van der Waals surface area contributed by atoms with Crippen molar-refractivity contribution in [2.45, 2.75) is 19.5 Å². The third kappa shape index (κ3) is 1.47.